The fourth-order valence-electron chi connectivity index (χ4n) is 3.43. The number of carbonyl (C=O) groups excluding carboxylic acids is 2. The van der Waals surface area contributed by atoms with Gasteiger partial charge in [-0.2, -0.15) is 0 Å². The van der Waals surface area contributed by atoms with Crippen molar-refractivity contribution in [3.63, 3.8) is 0 Å². The number of carboxylic acid groups (broad SMARTS) is 1. The van der Waals surface area contributed by atoms with Crippen LogP contribution in [0.1, 0.15) is 41.5 Å². The van der Waals surface area contributed by atoms with Gasteiger partial charge in [0.25, 0.3) is 5.79 Å². The van der Waals surface area contributed by atoms with Gasteiger partial charge in [0.05, 0.1) is 5.41 Å². The van der Waals surface area contributed by atoms with Gasteiger partial charge in [-0.1, -0.05) is 13.8 Å². The lowest BCUT2D eigenvalue weighted by atomic mass is 9.57. The van der Waals surface area contributed by atoms with Gasteiger partial charge in [0.15, 0.2) is 23.4 Å². The maximum absolute atomic E-state index is 11.8. The third-order valence-electron chi connectivity index (χ3n) is 5.79. The number of amides is 1. The molecular weight excluding hydrogens is 394 g/mol. The average molecular weight is 423 g/mol. The van der Waals surface area contributed by atoms with Crippen LogP contribution in [0.4, 0.5) is 0 Å². The molecule has 1 aliphatic rings. The molecule has 0 spiro atoms. The highest BCUT2D eigenvalue weighted by Crippen LogP contribution is 2.57. The molecule has 1 heterocycles. The second-order valence-corrected chi connectivity index (χ2v) is 8.10. The second kappa shape index (κ2) is 7.54. The Morgan fingerprint density at radius 3 is 1.90 bits per heavy atom. The molecule has 1 rings (SSSR count). The molecule has 0 aromatic heterocycles. The summed E-state index contributed by atoms with van der Waals surface area (Å²) in [6, 6.07) is 0. The number of carbonyl (C=O) groups is 3. The quantitative estimate of drug-likeness (QED) is 0.212. The van der Waals surface area contributed by atoms with Gasteiger partial charge in [-0.25, -0.2) is 4.79 Å². The van der Waals surface area contributed by atoms with E-state index < -0.39 is 64.8 Å². The van der Waals surface area contributed by atoms with Gasteiger partial charge in [-0.05, 0) is 20.8 Å². The molecule has 0 aromatic carbocycles. The minimum Gasteiger partial charge on any atom is -0.477 e. The van der Waals surface area contributed by atoms with E-state index in [1.807, 2.05) is 5.32 Å². The van der Waals surface area contributed by atoms with Gasteiger partial charge in [0.2, 0.25) is 5.91 Å². The zero-order valence-electron chi connectivity index (χ0n) is 17.1. The lowest BCUT2D eigenvalue weighted by Crippen LogP contribution is -2.89. The number of ether oxygens (including phenoxy) is 2. The number of rotatable bonds is 7. The predicted octanol–water partition coefficient (Wildman–Crippen LogP) is -2.56. The van der Waals surface area contributed by atoms with E-state index in [-0.39, 0.29) is 0 Å². The summed E-state index contributed by atoms with van der Waals surface area (Å²) in [6.45, 7) is 5.33. The number of carboxylic acids is 1. The Morgan fingerprint density at radius 2 is 1.52 bits per heavy atom. The molecule has 12 nitrogen and oxygen atoms in total. The Hall–Kier alpha value is -1.67. The molecule has 1 aliphatic heterocycles. The minimum absolute atomic E-state index is 0.529. The molecule has 0 aliphatic carbocycles. The zero-order chi connectivity index (χ0) is 23.2. The number of aliphatic hydroxyl groups excluding tert-OH is 2. The van der Waals surface area contributed by atoms with Crippen molar-refractivity contribution in [2.75, 3.05) is 6.61 Å². The first kappa shape index (κ1) is 25.4. The van der Waals surface area contributed by atoms with E-state index in [0.717, 1.165) is 41.5 Å². The molecule has 1 fully saturated rings. The summed E-state index contributed by atoms with van der Waals surface area (Å²) in [5, 5.41) is 65.6. The summed E-state index contributed by atoms with van der Waals surface area (Å²) < 4.78 is 10.0. The monoisotopic (exact) mass is 423 g/mol. The van der Waals surface area contributed by atoms with Crippen molar-refractivity contribution in [2.24, 2.45) is 5.41 Å². The summed E-state index contributed by atoms with van der Waals surface area (Å²) in [4.78, 5) is 34.7. The van der Waals surface area contributed by atoms with E-state index in [1.54, 1.807) is 0 Å². The van der Waals surface area contributed by atoms with Crippen molar-refractivity contribution in [1.29, 1.82) is 0 Å². The number of Topliss-reactive ketones (excluding diaryl/α,β-unsaturated/α-hetero) is 1. The summed E-state index contributed by atoms with van der Waals surface area (Å²) >= 11 is 0. The van der Waals surface area contributed by atoms with Crippen LogP contribution in [0.15, 0.2) is 0 Å². The summed E-state index contributed by atoms with van der Waals surface area (Å²) in [5.41, 5.74) is -10.5. The highest BCUT2D eigenvalue weighted by atomic mass is 16.7. The lowest BCUT2D eigenvalue weighted by molar-refractivity contribution is -0.451. The maximum atomic E-state index is 11.8. The van der Waals surface area contributed by atoms with Crippen molar-refractivity contribution in [3.05, 3.63) is 0 Å². The van der Waals surface area contributed by atoms with Crippen LogP contribution in [0.2, 0.25) is 0 Å². The fourth-order valence-corrected chi connectivity index (χ4v) is 3.43. The molecule has 1 saturated heterocycles. The van der Waals surface area contributed by atoms with Crippen LogP contribution in [-0.2, 0) is 23.9 Å². The van der Waals surface area contributed by atoms with Gasteiger partial charge in [0, 0.05) is 6.92 Å². The van der Waals surface area contributed by atoms with Gasteiger partial charge >= 0.3 is 5.97 Å². The molecule has 29 heavy (non-hydrogen) atoms. The van der Waals surface area contributed by atoms with E-state index in [4.69, 9.17) is 9.47 Å². The number of ketones is 1. The van der Waals surface area contributed by atoms with Crippen LogP contribution >= 0.6 is 0 Å². The molecule has 0 aromatic rings. The minimum atomic E-state index is -3.20. The Balaban J connectivity index is 3.71. The van der Waals surface area contributed by atoms with Crippen LogP contribution in [-0.4, -0.2) is 90.0 Å². The molecule has 0 saturated carbocycles. The van der Waals surface area contributed by atoms with E-state index in [0.29, 0.717) is 0 Å². The molecule has 3 unspecified atom stereocenters. The molecule has 1 amide bonds. The smallest absolute Gasteiger partial charge is 0.364 e. The number of nitrogens with one attached hydrogen (secondary N) is 1. The summed E-state index contributed by atoms with van der Waals surface area (Å²) in [5.74, 6) is -6.61. The predicted molar refractivity (Wildman–Crippen MR) is 93.9 cm³/mol. The van der Waals surface area contributed by atoms with Gasteiger partial charge in [-0.3, -0.25) is 9.59 Å². The summed E-state index contributed by atoms with van der Waals surface area (Å²) in [6.07, 6.45) is -4.59. The highest BCUT2D eigenvalue weighted by Gasteiger charge is 2.80. The van der Waals surface area contributed by atoms with Crippen LogP contribution in [0, 0.1) is 5.41 Å². The third-order valence-corrected chi connectivity index (χ3v) is 5.79. The second-order valence-electron chi connectivity index (χ2n) is 8.10. The number of hydrogen-bond donors (Lipinski definition) is 7. The zero-order valence-corrected chi connectivity index (χ0v) is 17.1. The molecule has 0 radical (unpaired) electrons. The van der Waals surface area contributed by atoms with E-state index >= 15 is 0 Å². The average Bonchev–Trinajstić information content (AvgIpc) is 2.56. The standard InChI is InChI=1S/C17H29NO11/c1-8(19)7-28-11(22)10(21)14(5)17(27,18-9(2)20)15(6,25)13(3,4)16(26,29-14)12(23)24/h10-11,21-22,25-27H,7H2,1-6H3,(H,18,20)(H,23,24)/t10?,11?,14?,15-,16-,17-/m1/s1. The fraction of sp³-hybridized carbons (Fsp3) is 0.824. The van der Waals surface area contributed by atoms with Gasteiger partial charge < -0.3 is 45.4 Å². The first-order chi connectivity index (χ1) is 12.8. The largest absolute Gasteiger partial charge is 0.477 e. The number of aliphatic carboxylic acids is 1. The molecule has 0 bridgehead atoms. The van der Waals surface area contributed by atoms with E-state index in [1.165, 1.54) is 0 Å². The highest BCUT2D eigenvalue weighted by molar-refractivity contribution is 5.78. The normalized spacial score (nSPS) is 38.7. The Morgan fingerprint density at radius 1 is 1.03 bits per heavy atom. The van der Waals surface area contributed by atoms with Gasteiger partial charge in [0.1, 0.15) is 18.3 Å². The molecule has 7 N–H and O–H groups in total. The van der Waals surface area contributed by atoms with E-state index in [2.05, 4.69) is 0 Å². The van der Waals surface area contributed by atoms with Crippen molar-refractivity contribution in [2.45, 2.75) is 76.7 Å². The number of hydrogen-bond acceptors (Lipinski definition) is 10. The molecular formula is C17H29NO11. The van der Waals surface area contributed by atoms with Crippen LogP contribution < -0.4 is 5.32 Å². The van der Waals surface area contributed by atoms with E-state index in [9.17, 15) is 45.0 Å². The van der Waals surface area contributed by atoms with Crippen molar-refractivity contribution in [3.8, 4) is 0 Å². The first-order valence-corrected chi connectivity index (χ1v) is 8.68. The lowest BCUT2D eigenvalue weighted by Gasteiger charge is -2.66. The Kier molecular flexibility index (Phi) is 6.60. The van der Waals surface area contributed by atoms with Crippen LogP contribution in [0.5, 0.6) is 0 Å². The van der Waals surface area contributed by atoms with Gasteiger partial charge in [-0.15, -0.1) is 0 Å². The summed E-state index contributed by atoms with van der Waals surface area (Å²) in [7, 11) is 0. The topological polar surface area (TPSA) is 203 Å². The first-order valence-electron chi connectivity index (χ1n) is 8.68. The van der Waals surface area contributed by atoms with Crippen LogP contribution in [0.25, 0.3) is 0 Å². The van der Waals surface area contributed by atoms with Crippen molar-refractivity contribution >= 4 is 17.7 Å². The SMILES string of the molecule is CC(=O)COC(O)C(O)C1(C)O[C@](O)(C(=O)O)C(C)(C)[C@@](C)(O)[C@@]1(O)NC(C)=O. The Labute approximate surface area is 167 Å². The van der Waals surface area contributed by atoms with Crippen molar-refractivity contribution in [1.82, 2.24) is 5.32 Å². The Bertz CT molecular complexity index is 693. The van der Waals surface area contributed by atoms with Crippen LogP contribution in [0.3, 0.4) is 0 Å². The molecule has 6 atom stereocenters. The molecule has 12 heteroatoms. The molecule has 168 valence electrons. The van der Waals surface area contributed by atoms with Crippen molar-refractivity contribution < 1.29 is 54.5 Å². The third kappa shape index (κ3) is 3.54. The number of aliphatic hydroxyl groups is 5. The maximum Gasteiger partial charge on any atom is 0.364 e.